The number of nitrogens with zero attached hydrogens (tertiary/aromatic N) is 11. The van der Waals surface area contributed by atoms with Gasteiger partial charge in [-0.25, -0.2) is 19.9 Å². The zero-order valence-electron chi connectivity index (χ0n) is 59.0. The molecular weight excluding hydrogens is 1350 g/mol. The molecule has 12 heteroatoms. The average molecular weight is 1410 g/mol. The summed E-state index contributed by atoms with van der Waals surface area (Å²) in [6.07, 6.45) is 9.86. The first-order valence-electron chi connectivity index (χ1n) is 36.8. The maximum absolute atomic E-state index is 6.34. The van der Waals surface area contributed by atoms with E-state index in [1.807, 2.05) is 91.4 Å². The van der Waals surface area contributed by atoms with Gasteiger partial charge >= 0.3 is 0 Å². The molecule has 0 amide bonds. The van der Waals surface area contributed by atoms with Crippen molar-refractivity contribution in [3.8, 4) is 51.0 Å². The van der Waals surface area contributed by atoms with Crippen LogP contribution in [0, 0.1) is 0 Å². The Hall–Kier alpha value is -14.7. The van der Waals surface area contributed by atoms with Gasteiger partial charge in [-0.3, -0.25) is 24.5 Å². The van der Waals surface area contributed by atoms with E-state index in [9.17, 15) is 0 Å². The molecule has 23 rings (SSSR count). The Labute approximate surface area is 629 Å². The van der Waals surface area contributed by atoms with Crippen LogP contribution in [0.5, 0.6) is 0 Å². The van der Waals surface area contributed by atoms with E-state index in [-0.39, 0.29) is 6.23 Å². The lowest BCUT2D eigenvalue weighted by Crippen LogP contribution is -2.02. The summed E-state index contributed by atoms with van der Waals surface area (Å²) in [6, 6.07) is 112. The molecule has 16 aromatic carbocycles. The van der Waals surface area contributed by atoms with E-state index in [1.165, 1.54) is 81.1 Å². The van der Waals surface area contributed by atoms with Gasteiger partial charge in [0.25, 0.3) is 0 Å². The van der Waals surface area contributed by atoms with E-state index in [0.717, 1.165) is 110 Å². The molecule has 110 heavy (non-hydrogen) atoms. The second kappa shape index (κ2) is 26.7. The van der Waals surface area contributed by atoms with E-state index in [4.69, 9.17) is 29.7 Å². The normalized spacial score (nSPS) is 13.6. The zero-order valence-corrected chi connectivity index (χ0v) is 59.0. The third kappa shape index (κ3) is 10.7. The topological polar surface area (TPSA) is 142 Å². The Morgan fingerprint density at radius 2 is 0.700 bits per heavy atom. The molecule has 22 aromatic rings. The van der Waals surface area contributed by atoms with Crippen LogP contribution < -0.4 is 0 Å². The Bertz CT molecular complexity index is 7460. The number of rotatable bonds is 7. The minimum absolute atomic E-state index is 0.386. The van der Waals surface area contributed by atoms with Crippen LogP contribution in [-0.4, -0.2) is 44.4 Å². The first-order valence-corrected chi connectivity index (χ1v) is 36.8. The molecule has 2 unspecified atom stereocenters. The number of hydrogen-bond acceptors (Lipinski definition) is 11. The van der Waals surface area contributed by atoms with Crippen LogP contribution in [0.1, 0.15) is 23.6 Å². The van der Waals surface area contributed by atoms with Crippen molar-refractivity contribution < 1.29 is 4.74 Å². The fourth-order valence-electron chi connectivity index (χ4n) is 16.6. The number of hydrogen-bond donors (Lipinski definition) is 0. The van der Waals surface area contributed by atoms with Gasteiger partial charge in [-0.05, 0) is 165 Å². The molecule has 514 valence electrons. The molecule has 1 aliphatic rings. The van der Waals surface area contributed by atoms with Crippen molar-refractivity contribution in [1.29, 1.82) is 0 Å². The smallest absolute Gasteiger partial charge is 0.197 e. The van der Waals surface area contributed by atoms with Crippen LogP contribution in [0.4, 0.5) is 0 Å². The number of aromatic nitrogens is 9. The van der Waals surface area contributed by atoms with Crippen LogP contribution in [0.3, 0.4) is 0 Å². The summed E-state index contributed by atoms with van der Waals surface area (Å²) in [6.45, 7) is 0. The lowest BCUT2D eigenvalue weighted by molar-refractivity contribution is 0.0337. The highest BCUT2D eigenvalue weighted by molar-refractivity contribution is 6.35. The summed E-state index contributed by atoms with van der Waals surface area (Å²) in [5.74, 6) is 2.21. The SMILES string of the molecule is c1ccc(-n2c(-c3ccc(-c4cc5c6ccccc6c6ncccc6c5c5ccccc45)cc3)nc3ccccc32)cc1.c1ccc(C2N=NC(c3cc4c5ccccc5c5ncccc5c4c4ccccc34)O2)cc1.c1ccc2c(c1)c(-c1ncnc(-c3ccncc3)n1)cc1c3ccccc3c3ncccc3c21. The summed E-state index contributed by atoms with van der Waals surface area (Å²) in [5.41, 5.74) is 13.7. The molecule has 0 saturated heterocycles. The number of pyridine rings is 4. The second-order valence-electron chi connectivity index (χ2n) is 27.6. The van der Waals surface area contributed by atoms with Gasteiger partial charge in [0.15, 0.2) is 24.1 Å². The molecule has 2 atom stereocenters. The van der Waals surface area contributed by atoms with E-state index < -0.39 is 6.23 Å². The fourth-order valence-corrected chi connectivity index (χ4v) is 16.6. The lowest BCUT2D eigenvalue weighted by atomic mass is 9.88. The largest absolute Gasteiger partial charge is 0.319 e. The predicted molar refractivity (Wildman–Crippen MR) is 448 cm³/mol. The highest BCUT2D eigenvalue weighted by atomic mass is 16.5. The highest BCUT2D eigenvalue weighted by Gasteiger charge is 2.29. The Morgan fingerprint density at radius 1 is 0.273 bits per heavy atom. The quantitative estimate of drug-likeness (QED) is 0.143. The molecule has 12 nitrogen and oxygen atoms in total. The number of fused-ring (bicyclic) bond motifs is 25. The van der Waals surface area contributed by atoms with Gasteiger partial charge in [0.2, 0.25) is 0 Å². The maximum atomic E-state index is 6.34. The number of azo groups is 1. The molecule has 7 heterocycles. The van der Waals surface area contributed by atoms with Crippen LogP contribution in [0.15, 0.2) is 369 Å². The van der Waals surface area contributed by atoms with Gasteiger partial charge in [-0.1, -0.05) is 249 Å². The first-order chi connectivity index (χ1) is 54.6. The molecule has 1 aliphatic heterocycles. The molecule has 0 bridgehead atoms. The van der Waals surface area contributed by atoms with Crippen molar-refractivity contribution in [1.82, 2.24) is 44.4 Å². The van der Waals surface area contributed by atoms with Crippen LogP contribution in [0.25, 0.3) is 192 Å². The standard InChI is InChI=1S/C40H25N3.C29H17N5.C29H19N3O/c1-2-11-28(12-3-1)43-37-19-9-8-18-36(37)42-40(43)27-22-20-26(21-23-27)34-25-35-30-14-5-7-16-32(30)39-33(17-10-24-41-39)38(35)31-15-6-4-13-29(31)34;1-3-8-21-19(6-1)25(29-33-17-32-28(34-29)18-11-14-30-15-12-18)16-24-20-7-2-4-9-22(20)27-23(26(21)24)10-5-13-31-27;1-2-9-18(10-3-1)28-31-32-29(33-28)25-17-24-20-12-5-7-14-22(20)27-23(15-8-16-30-27)26(24)21-13-6-4-11-19(21)25/h1-25H;1-17H;1-17,28-29H. The van der Waals surface area contributed by atoms with Crippen molar-refractivity contribution in [2.45, 2.75) is 12.5 Å². The van der Waals surface area contributed by atoms with Gasteiger partial charge < -0.3 is 4.74 Å². The summed E-state index contributed by atoms with van der Waals surface area (Å²) < 4.78 is 8.60. The number of para-hydroxylation sites is 3. The van der Waals surface area contributed by atoms with Crippen LogP contribution >= 0.6 is 0 Å². The van der Waals surface area contributed by atoms with Gasteiger partial charge in [0.05, 0.1) is 27.6 Å². The molecule has 6 aromatic heterocycles. The molecule has 0 fully saturated rings. The van der Waals surface area contributed by atoms with Gasteiger partial charge in [-0.2, -0.15) is 10.2 Å². The minimum Gasteiger partial charge on any atom is -0.319 e. The molecule has 0 saturated carbocycles. The van der Waals surface area contributed by atoms with E-state index >= 15 is 0 Å². The number of benzene rings is 16. The van der Waals surface area contributed by atoms with Crippen molar-refractivity contribution in [2.24, 2.45) is 10.2 Å². The molecular formula is C98H61N11O. The lowest BCUT2D eigenvalue weighted by Gasteiger charge is -2.17. The zero-order chi connectivity index (χ0) is 72.6. The van der Waals surface area contributed by atoms with Gasteiger partial charge in [0.1, 0.15) is 12.2 Å². The molecule has 0 radical (unpaired) electrons. The maximum Gasteiger partial charge on any atom is 0.197 e. The van der Waals surface area contributed by atoms with Gasteiger partial charge in [0, 0.05) is 96.8 Å². The van der Waals surface area contributed by atoms with Crippen LogP contribution in [0.2, 0.25) is 0 Å². The third-order valence-corrected chi connectivity index (χ3v) is 21.5. The van der Waals surface area contributed by atoms with Gasteiger partial charge in [-0.15, -0.1) is 0 Å². The molecule has 0 aliphatic carbocycles. The highest BCUT2D eigenvalue weighted by Crippen LogP contribution is 2.48. The third-order valence-electron chi connectivity index (χ3n) is 21.5. The summed E-state index contributed by atoms with van der Waals surface area (Å²) in [7, 11) is 0. The monoisotopic (exact) mass is 1410 g/mol. The summed E-state index contributed by atoms with van der Waals surface area (Å²) >= 11 is 0. The van der Waals surface area contributed by atoms with E-state index in [2.05, 4.69) is 278 Å². The first kappa shape index (κ1) is 63.7. The van der Waals surface area contributed by atoms with Crippen molar-refractivity contribution in [3.63, 3.8) is 0 Å². The number of ether oxygens (including phenoxy) is 1. The minimum atomic E-state index is -0.451. The second-order valence-corrected chi connectivity index (χ2v) is 27.6. The fraction of sp³-hybridized carbons (Fsp3) is 0.0204. The van der Waals surface area contributed by atoms with E-state index in [1.54, 1.807) is 18.7 Å². The van der Waals surface area contributed by atoms with Crippen molar-refractivity contribution in [2.75, 3.05) is 0 Å². The predicted octanol–water partition coefficient (Wildman–Crippen LogP) is 24.8. The van der Waals surface area contributed by atoms with E-state index in [0.29, 0.717) is 11.6 Å². The van der Waals surface area contributed by atoms with Crippen molar-refractivity contribution in [3.05, 3.63) is 370 Å². The average Bonchev–Trinajstić information content (AvgIpc) is 0.908. The molecule has 0 N–H and O–H groups in total. The number of imidazole rings is 1. The summed E-state index contributed by atoms with van der Waals surface area (Å²) in [4.78, 5) is 37.3. The summed E-state index contributed by atoms with van der Waals surface area (Å²) in [5, 5.41) is 33.9. The Balaban J connectivity index is 0.000000106. The van der Waals surface area contributed by atoms with Crippen LogP contribution in [-0.2, 0) is 4.74 Å². The Morgan fingerprint density at radius 3 is 1.27 bits per heavy atom. The Kier molecular flexibility index (Phi) is 15.5. The molecule has 0 spiro atoms. The van der Waals surface area contributed by atoms with Crippen molar-refractivity contribution >= 4 is 141 Å².